The Labute approximate surface area is 127 Å². The fourth-order valence-electron chi connectivity index (χ4n) is 1.61. The van der Waals surface area contributed by atoms with Crippen molar-refractivity contribution in [1.29, 1.82) is 0 Å². The predicted octanol–water partition coefficient (Wildman–Crippen LogP) is 4.22. The molecule has 0 N–H and O–H groups in total. The summed E-state index contributed by atoms with van der Waals surface area (Å²) in [6.45, 7) is 5.78. The lowest BCUT2D eigenvalue weighted by molar-refractivity contribution is 0.562. The Kier molecular flexibility index (Phi) is 5.02. The van der Waals surface area contributed by atoms with Crippen molar-refractivity contribution < 1.29 is 4.55 Å². The standard InChI is InChI=1S/C16H19NOS2/c1-16(2,3)20(18)17-12-15-10-9-14(19-15)11-13-7-5-4-6-8-13/h4-10,12H,11H2,1-3H3/b17-12+. The summed E-state index contributed by atoms with van der Waals surface area (Å²) in [5.41, 5.74) is 1.30. The van der Waals surface area contributed by atoms with Crippen molar-refractivity contribution in [1.82, 2.24) is 0 Å². The Balaban J connectivity index is 2.01. The van der Waals surface area contributed by atoms with Gasteiger partial charge in [0.25, 0.3) is 0 Å². The first-order valence-electron chi connectivity index (χ1n) is 6.54. The summed E-state index contributed by atoms with van der Waals surface area (Å²) >= 11 is 0.506. The Bertz CT molecular complexity index is 570. The molecule has 0 radical (unpaired) electrons. The van der Waals surface area contributed by atoms with E-state index in [0.29, 0.717) is 0 Å². The van der Waals surface area contributed by atoms with Gasteiger partial charge in [-0.3, -0.25) is 0 Å². The molecule has 2 aromatic rings. The van der Waals surface area contributed by atoms with Crippen LogP contribution in [-0.4, -0.2) is 15.5 Å². The minimum Gasteiger partial charge on any atom is -0.591 e. The molecule has 1 aromatic heterocycles. The zero-order valence-corrected chi connectivity index (χ0v) is 13.6. The van der Waals surface area contributed by atoms with E-state index in [2.05, 4.69) is 34.7 Å². The largest absolute Gasteiger partial charge is 0.591 e. The lowest BCUT2D eigenvalue weighted by atomic mass is 10.1. The Morgan fingerprint density at radius 1 is 1.15 bits per heavy atom. The van der Waals surface area contributed by atoms with Gasteiger partial charge in [0.1, 0.15) is 16.1 Å². The Morgan fingerprint density at radius 3 is 2.50 bits per heavy atom. The summed E-state index contributed by atoms with van der Waals surface area (Å²) < 4.78 is 15.7. The molecule has 1 heterocycles. The highest BCUT2D eigenvalue weighted by molar-refractivity contribution is 7.91. The van der Waals surface area contributed by atoms with E-state index in [4.69, 9.17) is 0 Å². The summed E-state index contributed by atoms with van der Waals surface area (Å²) in [4.78, 5) is 2.34. The van der Waals surface area contributed by atoms with Crippen LogP contribution in [0.15, 0.2) is 46.9 Å². The normalized spacial score (nSPS) is 13.8. The van der Waals surface area contributed by atoms with Gasteiger partial charge < -0.3 is 4.55 Å². The van der Waals surface area contributed by atoms with E-state index in [-0.39, 0.29) is 4.75 Å². The van der Waals surface area contributed by atoms with E-state index in [0.717, 1.165) is 11.3 Å². The zero-order chi connectivity index (χ0) is 14.6. The number of thiophene rings is 1. The number of hydrogen-bond donors (Lipinski definition) is 0. The maximum atomic E-state index is 11.9. The topological polar surface area (TPSA) is 35.4 Å². The molecule has 20 heavy (non-hydrogen) atoms. The van der Waals surface area contributed by atoms with Crippen molar-refractivity contribution in [3.05, 3.63) is 57.8 Å². The van der Waals surface area contributed by atoms with Crippen molar-refractivity contribution in [3.8, 4) is 0 Å². The summed E-state index contributed by atoms with van der Waals surface area (Å²) in [5.74, 6) is 0. The maximum Gasteiger partial charge on any atom is 0.144 e. The van der Waals surface area contributed by atoms with Gasteiger partial charge in [-0.25, -0.2) is 0 Å². The van der Waals surface area contributed by atoms with Crippen LogP contribution in [0.2, 0.25) is 0 Å². The monoisotopic (exact) mass is 305 g/mol. The first kappa shape index (κ1) is 15.3. The first-order chi connectivity index (χ1) is 9.45. The third kappa shape index (κ3) is 4.47. The average molecular weight is 305 g/mol. The zero-order valence-electron chi connectivity index (χ0n) is 12.0. The van der Waals surface area contributed by atoms with Gasteiger partial charge in [0.2, 0.25) is 0 Å². The molecular formula is C16H19NOS2. The molecule has 2 rings (SSSR count). The fraction of sp³-hybridized carbons (Fsp3) is 0.312. The van der Waals surface area contributed by atoms with Crippen LogP contribution in [0.3, 0.4) is 0 Å². The van der Waals surface area contributed by atoms with Gasteiger partial charge in [0, 0.05) is 11.3 Å². The molecule has 0 aliphatic carbocycles. The van der Waals surface area contributed by atoms with Gasteiger partial charge in [0.15, 0.2) is 0 Å². The van der Waals surface area contributed by atoms with Crippen LogP contribution < -0.4 is 0 Å². The van der Waals surface area contributed by atoms with Crippen LogP contribution in [0.4, 0.5) is 0 Å². The summed E-state index contributed by atoms with van der Waals surface area (Å²) in [5, 5.41) is 0. The maximum absolute atomic E-state index is 11.9. The van der Waals surface area contributed by atoms with Crippen molar-refractivity contribution in [3.63, 3.8) is 0 Å². The molecule has 0 amide bonds. The van der Waals surface area contributed by atoms with Gasteiger partial charge in [-0.15, -0.1) is 11.3 Å². The lowest BCUT2D eigenvalue weighted by Crippen LogP contribution is -2.25. The fourth-order valence-corrected chi connectivity index (χ4v) is 3.13. The molecule has 106 valence electrons. The lowest BCUT2D eigenvalue weighted by Gasteiger charge is -2.17. The van der Waals surface area contributed by atoms with E-state index >= 15 is 0 Å². The molecular weight excluding hydrogens is 286 g/mol. The number of hydrogen-bond acceptors (Lipinski definition) is 3. The number of benzene rings is 1. The molecule has 0 bridgehead atoms. The van der Waals surface area contributed by atoms with Gasteiger partial charge in [0.05, 0.1) is 11.1 Å². The third-order valence-corrected chi connectivity index (χ3v) is 5.07. The molecule has 0 fully saturated rings. The molecule has 0 spiro atoms. The summed E-state index contributed by atoms with van der Waals surface area (Å²) in [6, 6.07) is 14.5. The van der Waals surface area contributed by atoms with Crippen molar-refractivity contribution in [2.75, 3.05) is 0 Å². The quantitative estimate of drug-likeness (QED) is 0.615. The van der Waals surface area contributed by atoms with Gasteiger partial charge in [-0.2, -0.15) is 0 Å². The minimum absolute atomic E-state index is 0.305. The van der Waals surface area contributed by atoms with Gasteiger partial charge >= 0.3 is 0 Å². The Hall–Kier alpha value is -1.10. The molecule has 0 saturated heterocycles. The predicted molar refractivity (Wildman–Crippen MR) is 89.1 cm³/mol. The van der Waals surface area contributed by atoms with Crippen LogP contribution in [0, 0.1) is 0 Å². The second-order valence-electron chi connectivity index (χ2n) is 5.56. The highest BCUT2D eigenvalue weighted by Gasteiger charge is 2.25. The molecule has 0 saturated carbocycles. The second-order valence-corrected chi connectivity index (χ2v) is 8.70. The molecule has 4 heteroatoms. The average Bonchev–Trinajstić information content (AvgIpc) is 2.83. The van der Waals surface area contributed by atoms with Crippen LogP contribution in [0.25, 0.3) is 0 Å². The van der Waals surface area contributed by atoms with E-state index in [1.165, 1.54) is 10.4 Å². The van der Waals surface area contributed by atoms with Crippen LogP contribution in [0.1, 0.15) is 36.1 Å². The summed E-state index contributed by atoms with van der Waals surface area (Å²) in [7, 11) is 0. The van der Waals surface area contributed by atoms with E-state index in [9.17, 15) is 4.55 Å². The SMILES string of the molecule is CC(C)(C)[S+]([O-])/N=C/c1ccc(Cc2ccccc2)s1. The second kappa shape index (κ2) is 6.57. The van der Waals surface area contributed by atoms with Gasteiger partial charge in [-0.1, -0.05) is 34.7 Å². The number of rotatable bonds is 4. The highest BCUT2D eigenvalue weighted by Crippen LogP contribution is 2.20. The molecule has 2 nitrogen and oxygen atoms in total. The molecule has 0 aliphatic heterocycles. The molecule has 1 unspecified atom stereocenters. The van der Waals surface area contributed by atoms with Crippen molar-refractivity contribution >= 4 is 28.9 Å². The van der Waals surface area contributed by atoms with Crippen LogP contribution in [0.5, 0.6) is 0 Å². The highest BCUT2D eigenvalue weighted by atomic mass is 32.2. The van der Waals surface area contributed by atoms with Crippen molar-refractivity contribution in [2.45, 2.75) is 31.9 Å². The number of nitrogens with zero attached hydrogens (tertiary/aromatic N) is 1. The minimum atomic E-state index is -1.19. The van der Waals surface area contributed by atoms with E-state index < -0.39 is 11.4 Å². The smallest absolute Gasteiger partial charge is 0.144 e. The molecule has 0 aliphatic rings. The Morgan fingerprint density at radius 2 is 1.85 bits per heavy atom. The van der Waals surface area contributed by atoms with Gasteiger partial charge in [-0.05, 0) is 38.5 Å². The molecule has 1 aromatic carbocycles. The third-order valence-electron chi connectivity index (χ3n) is 2.70. The van der Waals surface area contributed by atoms with Crippen LogP contribution >= 0.6 is 11.3 Å². The van der Waals surface area contributed by atoms with Crippen molar-refractivity contribution in [2.24, 2.45) is 4.40 Å². The first-order valence-corrected chi connectivity index (χ1v) is 8.46. The van der Waals surface area contributed by atoms with E-state index in [1.807, 2.05) is 32.9 Å². The summed E-state index contributed by atoms with van der Waals surface area (Å²) in [6.07, 6.45) is 2.65. The van der Waals surface area contributed by atoms with Crippen LogP contribution in [-0.2, 0) is 17.8 Å². The van der Waals surface area contributed by atoms with E-state index in [1.54, 1.807) is 17.6 Å². The molecule has 1 atom stereocenters.